The molecule has 0 bridgehead atoms. The number of nitrogen functional groups attached to an aromatic ring is 3. The maximum Gasteiger partial charge on any atom is 0.308 e. The monoisotopic (exact) mass is 346 g/mol. The van der Waals surface area contributed by atoms with Gasteiger partial charge in [-0.3, -0.25) is 9.59 Å². The fourth-order valence-electron chi connectivity index (χ4n) is 1.62. The second kappa shape index (κ2) is 9.73. The van der Waals surface area contributed by atoms with E-state index in [1.165, 1.54) is 6.92 Å². The predicted octanol–water partition coefficient (Wildman–Crippen LogP) is 0.727. The van der Waals surface area contributed by atoms with Crippen LogP contribution in [0.1, 0.15) is 13.3 Å². The van der Waals surface area contributed by atoms with Gasteiger partial charge in [0, 0.05) is 19.9 Å². The highest BCUT2D eigenvalue weighted by molar-refractivity contribution is 5.90. The maximum atomic E-state index is 11.1. The van der Waals surface area contributed by atoms with Crippen LogP contribution in [0.15, 0.2) is 36.4 Å². The topological polar surface area (TPSA) is 172 Å². The molecule has 0 aliphatic carbocycles. The third-order valence-corrected chi connectivity index (χ3v) is 2.77. The highest BCUT2D eigenvalue weighted by Gasteiger charge is 2.03. The van der Waals surface area contributed by atoms with E-state index in [1.807, 2.05) is 0 Å². The lowest BCUT2D eigenvalue weighted by Gasteiger charge is -2.05. The van der Waals surface area contributed by atoms with E-state index in [2.05, 4.69) is 10.3 Å². The van der Waals surface area contributed by atoms with Crippen LogP contribution in [0, 0.1) is 0 Å². The molecule has 0 saturated carbocycles. The first kappa shape index (κ1) is 19.7. The summed E-state index contributed by atoms with van der Waals surface area (Å²) < 4.78 is 4.78. The number of aromatic nitrogens is 1. The molecule has 0 saturated heterocycles. The first-order valence-corrected chi connectivity index (χ1v) is 7.38. The zero-order chi connectivity index (χ0) is 18.8. The van der Waals surface area contributed by atoms with Gasteiger partial charge in [-0.15, -0.1) is 0 Å². The molecule has 134 valence electrons. The van der Waals surface area contributed by atoms with Crippen molar-refractivity contribution < 1.29 is 14.3 Å². The minimum absolute atomic E-state index is 0.191. The molecule has 0 aliphatic heterocycles. The summed E-state index contributed by atoms with van der Waals surface area (Å²) in [5.41, 5.74) is 22.5. The number of carbonyl (C=O) groups is 2. The van der Waals surface area contributed by atoms with Crippen LogP contribution < -0.4 is 33.0 Å². The van der Waals surface area contributed by atoms with Gasteiger partial charge in [-0.05, 0) is 24.3 Å². The molecule has 9 heteroatoms. The molecule has 0 atom stereocenters. The lowest BCUT2D eigenvalue weighted by molar-refractivity contribution is -0.131. The number of nitrogens with two attached hydrogens (primary N) is 4. The van der Waals surface area contributed by atoms with E-state index in [1.54, 1.807) is 36.4 Å². The normalized spacial score (nSPS) is 9.52. The van der Waals surface area contributed by atoms with E-state index in [4.69, 9.17) is 27.7 Å². The maximum absolute atomic E-state index is 11.1. The van der Waals surface area contributed by atoms with Gasteiger partial charge in [-0.25, -0.2) is 4.98 Å². The molecule has 2 rings (SSSR count). The van der Waals surface area contributed by atoms with E-state index in [0.717, 1.165) is 0 Å². The Morgan fingerprint density at radius 2 is 1.76 bits per heavy atom. The number of carbonyl (C=O) groups excluding carboxylic acids is 2. The Kier molecular flexibility index (Phi) is 7.67. The van der Waals surface area contributed by atoms with Crippen LogP contribution in [-0.4, -0.2) is 23.4 Å². The zero-order valence-corrected chi connectivity index (χ0v) is 13.9. The van der Waals surface area contributed by atoms with Gasteiger partial charge in [0.05, 0.1) is 11.4 Å². The van der Waals surface area contributed by atoms with Crippen LogP contribution in [-0.2, 0) is 9.59 Å². The average Bonchev–Trinajstić information content (AvgIpc) is 2.54. The second-order valence-corrected chi connectivity index (χ2v) is 4.89. The van der Waals surface area contributed by atoms with Gasteiger partial charge in [0.2, 0.25) is 5.91 Å². The second-order valence-electron chi connectivity index (χ2n) is 4.89. The molecule has 1 heterocycles. The number of hydrogen-bond donors (Lipinski definition) is 5. The van der Waals surface area contributed by atoms with Crippen molar-refractivity contribution in [1.29, 1.82) is 0 Å². The number of hydrogen-bond acceptors (Lipinski definition) is 8. The summed E-state index contributed by atoms with van der Waals surface area (Å²) in [6.45, 7) is 1.64. The van der Waals surface area contributed by atoms with Gasteiger partial charge < -0.3 is 33.0 Å². The Bertz CT molecular complexity index is 736. The lowest BCUT2D eigenvalue weighted by Crippen LogP contribution is -2.17. The number of rotatable bonds is 4. The van der Waals surface area contributed by atoms with Crippen LogP contribution >= 0.6 is 0 Å². The molecule has 1 aromatic heterocycles. The highest BCUT2D eigenvalue weighted by atomic mass is 16.5. The van der Waals surface area contributed by atoms with E-state index in [9.17, 15) is 9.59 Å². The number of para-hydroxylation sites is 2. The quantitative estimate of drug-likeness (QED) is 0.306. The van der Waals surface area contributed by atoms with Crippen molar-refractivity contribution in [3.8, 4) is 5.75 Å². The van der Waals surface area contributed by atoms with Crippen molar-refractivity contribution in [2.45, 2.75) is 13.3 Å². The fourth-order valence-corrected chi connectivity index (χ4v) is 1.62. The Morgan fingerprint density at radius 1 is 1.08 bits per heavy atom. The number of amides is 1. The summed E-state index contributed by atoms with van der Waals surface area (Å²) in [6, 6.07) is 10.0. The Balaban J connectivity index is 0.000000257. The van der Waals surface area contributed by atoms with Crippen molar-refractivity contribution in [3.63, 3.8) is 0 Å². The van der Waals surface area contributed by atoms with Gasteiger partial charge in [-0.2, -0.15) is 0 Å². The summed E-state index contributed by atoms with van der Waals surface area (Å²) in [5.74, 6) is 0.456. The number of nitrogens with zero attached hydrogens (tertiary/aromatic N) is 1. The molecular formula is C16H22N6O3. The number of ether oxygens (including phenoxy) is 1. The minimum Gasteiger partial charge on any atom is -0.425 e. The standard InChI is InChI=1S/C8H13N5O.C8H9NO2/c9-4-3-7(14)12-6-2-1-5(10)8(11)13-6;1-6(10)11-8-5-3-2-4-7(8)9/h1-2H,3-4,9-10H2,(H3,11,12,13,14);2-5H,9H2,1H3. The average molecular weight is 346 g/mol. The minimum atomic E-state index is -0.358. The zero-order valence-electron chi connectivity index (χ0n) is 13.9. The van der Waals surface area contributed by atoms with Gasteiger partial charge in [0.25, 0.3) is 0 Å². The van der Waals surface area contributed by atoms with Crippen LogP contribution in [0.2, 0.25) is 0 Å². The van der Waals surface area contributed by atoms with Crippen molar-refractivity contribution in [2.24, 2.45) is 5.73 Å². The van der Waals surface area contributed by atoms with Crippen molar-refractivity contribution in [2.75, 3.05) is 29.1 Å². The first-order chi connectivity index (χ1) is 11.8. The van der Waals surface area contributed by atoms with Crippen molar-refractivity contribution in [3.05, 3.63) is 36.4 Å². The summed E-state index contributed by atoms with van der Waals surface area (Å²) in [6.07, 6.45) is 0.256. The van der Waals surface area contributed by atoms with Crippen LogP contribution in [0.3, 0.4) is 0 Å². The number of nitrogens with one attached hydrogen (secondary N) is 1. The number of esters is 1. The smallest absolute Gasteiger partial charge is 0.308 e. The number of pyridine rings is 1. The Hall–Kier alpha value is -3.33. The van der Waals surface area contributed by atoms with Crippen molar-refractivity contribution >= 4 is 34.9 Å². The molecule has 2 aromatic rings. The molecule has 0 aliphatic rings. The van der Waals surface area contributed by atoms with Crippen LogP contribution in [0.4, 0.5) is 23.0 Å². The summed E-state index contributed by atoms with van der Waals surface area (Å²) >= 11 is 0. The molecule has 1 amide bonds. The molecule has 0 unspecified atom stereocenters. The molecule has 9 N–H and O–H groups in total. The summed E-state index contributed by atoms with van der Waals surface area (Å²) in [5, 5.41) is 2.55. The highest BCUT2D eigenvalue weighted by Crippen LogP contribution is 2.19. The molecule has 25 heavy (non-hydrogen) atoms. The SMILES string of the molecule is CC(=O)Oc1ccccc1N.NCCC(=O)Nc1ccc(N)c(N)n1. The third kappa shape index (κ3) is 7.18. The molecular weight excluding hydrogens is 324 g/mol. The first-order valence-electron chi connectivity index (χ1n) is 7.38. The summed E-state index contributed by atoms with van der Waals surface area (Å²) in [7, 11) is 0. The molecule has 0 radical (unpaired) electrons. The molecule has 0 fully saturated rings. The number of benzene rings is 1. The van der Waals surface area contributed by atoms with Gasteiger partial charge in [0.15, 0.2) is 5.75 Å². The van der Waals surface area contributed by atoms with E-state index in [-0.39, 0.29) is 24.1 Å². The molecule has 9 nitrogen and oxygen atoms in total. The van der Waals surface area contributed by atoms with E-state index >= 15 is 0 Å². The molecule has 0 spiro atoms. The predicted molar refractivity (Wildman–Crippen MR) is 97.5 cm³/mol. The van der Waals surface area contributed by atoms with Crippen LogP contribution in [0.5, 0.6) is 5.75 Å². The fraction of sp³-hybridized carbons (Fsp3) is 0.188. The van der Waals surface area contributed by atoms with Gasteiger partial charge >= 0.3 is 5.97 Å². The van der Waals surface area contributed by atoms with Gasteiger partial charge in [0.1, 0.15) is 11.6 Å². The Labute approximate surface area is 145 Å². The third-order valence-electron chi connectivity index (χ3n) is 2.77. The van der Waals surface area contributed by atoms with Gasteiger partial charge in [-0.1, -0.05) is 12.1 Å². The molecule has 1 aromatic carbocycles. The lowest BCUT2D eigenvalue weighted by atomic mass is 10.3. The largest absolute Gasteiger partial charge is 0.425 e. The Morgan fingerprint density at radius 3 is 2.32 bits per heavy atom. The van der Waals surface area contributed by atoms with E-state index < -0.39 is 0 Å². The number of anilines is 4. The summed E-state index contributed by atoms with van der Waals surface area (Å²) in [4.78, 5) is 25.5. The van der Waals surface area contributed by atoms with E-state index in [0.29, 0.717) is 29.5 Å². The van der Waals surface area contributed by atoms with Crippen LogP contribution in [0.25, 0.3) is 0 Å². The van der Waals surface area contributed by atoms with Crippen molar-refractivity contribution in [1.82, 2.24) is 4.98 Å².